The summed E-state index contributed by atoms with van der Waals surface area (Å²) in [5.41, 5.74) is 3.87. The van der Waals surface area contributed by atoms with Gasteiger partial charge < -0.3 is 19.1 Å². The summed E-state index contributed by atoms with van der Waals surface area (Å²) < 4.78 is 23.0. The van der Waals surface area contributed by atoms with E-state index in [1.807, 2.05) is 49.3 Å². The molecule has 2 fully saturated rings. The highest BCUT2D eigenvalue weighted by Crippen LogP contribution is 2.33. The Morgan fingerprint density at radius 3 is 2.69 bits per heavy atom. The third-order valence-corrected chi connectivity index (χ3v) is 7.60. The molecule has 2 aliphatic rings. The van der Waals surface area contributed by atoms with Crippen molar-refractivity contribution >= 4 is 22.9 Å². The molecule has 1 amide bonds. The number of aryl methyl sites for hydroxylation is 2. The normalized spacial score (nSPS) is 20.3. The van der Waals surface area contributed by atoms with E-state index in [0.29, 0.717) is 18.2 Å². The second-order valence-electron chi connectivity index (χ2n) is 9.93. The number of hydrogen-bond donors (Lipinski definition) is 0. The van der Waals surface area contributed by atoms with Gasteiger partial charge in [0.05, 0.1) is 6.20 Å². The van der Waals surface area contributed by atoms with Gasteiger partial charge in [0.1, 0.15) is 17.1 Å². The highest BCUT2D eigenvalue weighted by molar-refractivity contribution is 5.75. The summed E-state index contributed by atoms with van der Waals surface area (Å²) in [5.74, 6) is 1.69. The number of amides is 1. The van der Waals surface area contributed by atoms with E-state index in [1.165, 1.54) is 5.69 Å². The number of carbonyl (C=O) groups is 1. The van der Waals surface area contributed by atoms with Crippen LogP contribution in [0.3, 0.4) is 0 Å². The maximum atomic E-state index is 15.1. The van der Waals surface area contributed by atoms with E-state index in [0.717, 1.165) is 67.9 Å². The standard InChI is InChI=1S/C27H34FN5O2/c1-18-7-4-5-9-24(18)35-26(28)21-8-6-12-33(17-21)25-16-29-22-15-23(31(3)27(22)30-25)20-10-13-32(14-11-20)19(2)34/h4-5,7,9,15-16,20-21,26H,6,8,10-14,17H2,1-3H3. The molecular formula is C27H34FN5O2. The maximum absolute atomic E-state index is 15.1. The Kier molecular flexibility index (Phi) is 6.62. The van der Waals surface area contributed by atoms with Gasteiger partial charge in [-0.3, -0.25) is 4.79 Å². The monoisotopic (exact) mass is 479 g/mol. The van der Waals surface area contributed by atoms with Gasteiger partial charge in [0.25, 0.3) is 0 Å². The van der Waals surface area contributed by atoms with Crippen molar-refractivity contribution in [2.45, 2.75) is 51.8 Å². The van der Waals surface area contributed by atoms with Gasteiger partial charge in [0.15, 0.2) is 5.65 Å². The van der Waals surface area contributed by atoms with Crippen molar-refractivity contribution in [3.8, 4) is 5.75 Å². The van der Waals surface area contributed by atoms with E-state index in [1.54, 1.807) is 6.92 Å². The fourth-order valence-electron chi connectivity index (χ4n) is 5.46. The van der Waals surface area contributed by atoms with E-state index in [4.69, 9.17) is 14.7 Å². The number of nitrogens with zero attached hydrogens (tertiary/aromatic N) is 5. The van der Waals surface area contributed by atoms with Crippen LogP contribution in [-0.2, 0) is 11.8 Å². The van der Waals surface area contributed by atoms with E-state index in [2.05, 4.69) is 15.5 Å². The van der Waals surface area contributed by atoms with Gasteiger partial charge in [-0.25, -0.2) is 14.4 Å². The Morgan fingerprint density at radius 1 is 1.17 bits per heavy atom. The van der Waals surface area contributed by atoms with Gasteiger partial charge >= 0.3 is 0 Å². The van der Waals surface area contributed by atoms with Gasteiger partial charge in [-0.2, -0.15) is 0 Å². The number of anilines is 1. The molecule has 2 atom stereocenters. The van der Waals surface area contributed by atoms with Gasteiger partial charge in [0.2, 0.25) is 12.3 Å². The molecule has 2 unspecified atom stereocenters. The van der Waals surface area contributed by atoms with E-state index in [9.17, 15) is 4.79 Å². The minimum absolute atomic E-state index is 0.146. The van der Waals surface area contributed by atoms with Crippen molar-refractivity contribution in [3.63, 3.8) is 0 Å². The molecule has 0 saturated carbocycles. The zero-order valence-corrected chi connectivity index (χ0v) is 20.8. The molecule has 0 spiro atoms. The van der Waals surface area contributed by atoms with Crippen LogP contribution in [-0.4, -0.2) is 57.9 Å². The summed E-state index contributed by atoms with van der Waals surface area (Å²) in [6.45, 7) is 6.52. The fraction of sp³-hybridized carbons (Fsp3) is 0.519. The number of ether oxygens (including phenoxy) is 1. The lowest BCUT2D eigenvalue weighted by Crippen LogP contribution is -2.41. The molecule has 2 aliphatic heterocycles. The number of carbonyl (C=O) groups excluding carboxylic acids is 1. The van der Waals surface area contributed by atoms with Crippen molar-refractivity contribution in [1.29, 1.82) is 0 Å². The number of rotatable bonds is 5. The SMILES string of the molecule is CC(=O)N1CCC(c2cc3ncc(N4CCCC(C(F)Oc5ccccc5C)C4)nc3n2C)CC1. The second-order valence-corrected chi connectivity index (χ2v) is 9.93. The van der Waals surface area contributed by atoms with Crippen LogP contribution in [0.1, 0.15) is 49.8 Å². The molecule has 0 aliphatic carbocycles. The zero-order valence-electron chi connectivity index (χ0n) is 20.8. The van der Waals surface area contributed by atoms with Crippen molar-refractivity contribution in [2.75, 3.05) is 31.1 Å². The molecular weight excluding hydrogens is 445 g/mol. The Hall–Kier alpha value is -3.16. The van der Waals surface area contributed by atoms with Crippen molar-refractivity contribution in [1.82, 2.24) is 19.4 Å². The van der Waals surface area contributed by atoms with Crippen LogP contribution in [0.5, 0.6) is 5.75 Å². The smallest absolute Gasteiger partial charge is 0.243 e. The number of aromatic nitrogens is 3. The number of fused-ring (bicyclic) bond motifs is 1. The molecule has 186 valence electrons. The van der Waals surface area contributed by atoms with Crippen LogP contribution in [0, 0.1) is 12.8 Å². The van der Waals surface area contributed by atoms with Crippen LogP contribution < -0.4 is 9.64 Å². The first kappa shape index (κ1) is 23.6. The average Bonchev–Trinajstić information content (AvgIpc) is 3.21. The maximum Gasteiger partial charge on any atom is 0.243 e. The van der Waals surface area contributed by atoms with Gasteiger partial charge in [-0.1, -0.05) is 18.2 Å². The number of piperidine rings is 2. The van der Waals surface area contributed by atoms with Gasteiger partial charge in [-0.15, -0.1) is 0 Å². The van der Waals surface area contributed by atoms with Crippen LogP contribution in [0.25, 0.3) is 11.2 Å². The van der Waals surface area contributed by atoms with Crippen molar-refractivity contribution in [3.05, 3.63) is 47.8 Å². The first-order chi connectivity index (χ1) is 16.9. The molecule has 0 N–H and O–H groups in total. The predicted molar refractivity (Wildman–Crippen MR) is 134 cm³/mol. The molecule has 5 rings (SSSR count). The number of benzene rings is 1. The van der Waals surface area contributed by atoms with Gasteiger partial charge in [-0.05, 0) is 50.3 Å². The van der Waals surface area contributed by atoms with Crippen molar-refractivity contribution in [2.24, 2.45) is 13.0 Å². The van der Waals surface area contributed by atoms with E-state index in [-0.39, 0.29) is 11.8 Å². The summed E-state index contributed by atoms with van der Waals surface area (Å²) in [5, 5.41) is 0. The van der Waals surface area contributed by atoms with Crippen LogP contribution in [0.2, 0.25) is 0 Å². The topological polar surface area (TPSA) is 63.5 Å². The highest BCUT2D eigenvalue weighted by atomic mass is 19.1. The first-order valence-corrected chi connectivity index (χ1v) is 12.6. The number of alkyl halides is 1. The third-order valence-electron chi connectivity index (χ3n) is 7.60. The lowest BCUT2D eigenvalue weighted by molar-refractivity contribution is -0.129. The highest BCUT2D eigenvalue weighted by Gasteiger charge is 2.30. The number of likely N-dealkylation sites (tertiary alicyclic amines) is 1. The zero-order chi connectivity index (χ0) is 24.5. The molecule has 7 nitrogen and oxygen atoms in total. The van der Waals surface area contributed by atoms with E-state index < -0.39 is 6.36 Å². The number of halogens is 1. The Bertz CT molecular complexity index is 1200. The lowest BCUT2D eigenvalue weighted by Gasteiger charge is -2.34. The molecule has 1 aromatic carbocycles. The minimum atomic E-state index is -1.36. The molecule has 2 saturated heterocycles. The summed E-state index contributed by atoms with van der Waals surface area (Å²) >= 11 is 0. The van der Waals surface area contributed by atoms with Gasteiger partial charge in [0, 0.05) is 57.7 Å². The number of hydrogen-bond acceptors (Lipinski definition) is 5. The largest absolute Gasteiger partial charge is 0.460 e. The van der Waals surface area contributed by atoms with Crippen LogP contribution in [0.4, 0.5) is 10.2 Å². The quantitative estimate of drug-likeness (QED) is 0.536. The Morgan fingerprint density at radius 2 is 1.94 bits per heavy atom. The third kappa shape index (κ3) is 4.83. The molecule has 8 heteroatoms. The Balaban J connectivity index is 1.30. The average molecular weight is 480 g/mol. The first-order valence-electron chi connectivity index (χ1n) is 12.6. The Labute approximate surface area is 205 Å². The molecule has 2 aromatic heterocycles. The summed E-state index contributed by atoms with van der Waals surface area (Å²) in [6.07, 6.45) is 4.01. The number of para-hydroxylation sites is 1. The summed E-state index contributed by atoms with van der Waals surface area (Å²) in [7, 11) is 2.04. The molecule has 0 bridgehead atoms. The lowest BCUT2D eigenvalue weighted by atomic mass is 9.93. The molecule has 0 radical (unpaired) electrons. The molecule has 4 heterocycles. The fourth-order valence-corrected chi connectivity index (χ4v) is 5.46. The second kappa shape index (κ2) is 9.84. The predicted octanol–water partition coefficient (Wildman–Crippen LogP) is 4.59. The van der Waals surface area contributed by atoms with Crippen LogP contribution >= 0.6 is 0 Å². The molecule has 3 aromatic rings. The van der Waals surface area contributed by atoms with E-state index >= 15 is 4.39 Å². The summed E-state index contributed by atoms with van der Waals surface area (Å²) in [4.78, 5) is 25.4. The summed E-state index contributed by atoms with van der Waals surface area (Å²) in [6, 6.07) is 9.68. The molecule has 35 heavy (non-hydrogen) atoms. The van der Waals surface area contributed by atoms with Crippen molar-refractivity contribution < 1.29 is 13.9 Å². The van der Waals surface area contributed by atoms with Crippen LogP contribution in [0.15, 0.2) is 36.5 Å². The minimum Gasteiger partial charge on any atom is -0.460 e.